The van der Waals surface area contributed by atoms with Gasteiger partial charge in [-0.2, -0.15) is 0 Å². The minimum Gasteiger partial charge on any atom is -0.379 e. The number of morpholine rings is 1. The number of benzene rings is 1. The third-order valence-electron chi connectivity index (χ3n) is 4.01. The van der Waals surface area contributed by atoms with Crippen molar-refractivity contribution in [2.45, 2.75) is 6.92 Å². The minimum atomic E-state index is -0.0786. The summed E-state index contributed by atoms with van der Waals surface area (Å²) in [5, 5.41) is 4.39. The highest BCUT2D eigenvalue weighted by atomic mass is 35.5. The van der Waals surface area contributed by atoms with Gasteiger partial charge in [0, 0.05) is 42.8 Å². The number of carbonyl (C=O) groups is 1. The van der Waals surface area contributed by atoms with Crippen molar-refractivity contribution >= 4 is 28.4 Å². The summed E-state index contributed by atoms with van der Waals surface area (Å²) in [5.41, 5.74) is 2.37. The van der Waals surface area contributed by atoms with Crippen molar-refractivity contribution in [3.63, 3.8) is 0 Å². The van der Waals surface area contributed by atoms with E-state index in [4.69, 9.17) is 16.3 Å². The number of amides is 1. The van der Waals surface area contributed by atoms with Crippen LogP contribution in [0.1, 0.15) is 16.1 Å². The number of ether oxygens (including phenoxy) is 1. The maximum Gasteiger partial charge on any atom is 0.253 e. The van der Waals surface area contributed by atoms with E-state index < -0.39 is 0 Å². The van der Waals surface area contributed by atoms with E-state index in [1.165, 1.54) is 0 Å². The van der Waals surface area contributed by atoms with E-state index in [9.17, 15) is 4.79 Å². The molecule has 2 N–H and O–H groups in total. The van der Waals surface area contributed by atoms with Crippen molar-refractivity contribution in [3.8, 4) is 0 Å². The van der Waals surface area contributed by atoms with Gasteiger partial charge in [-0.15, -0.1) is 0 Å². The molecule has 118 valence electrons. The number of aromatic amines is 1. The number of hydrogen-bond donors (Lipinski definition) is 2. The number of H-pyrrole nitrogens is 1. The summed E-state index contributed by atoms with van der Waals surface area (Å²) in [5.74, 6) is -0.0786. The summed E-state index contributed by atoms with van der Waals surface area (Å²) in [6, 6.07) is 5.61. The van der Waals surface area contributed by atoms with Crippen LogP contribution in [0.2, 0.25) is 5.02 Å². The largest absolute Gasteiger partial charge is 0.379 e. The second-order valence-corrected chi connectivity index (χ2v) is 5.90. The van der Waals surface area contributed by atoms with Crippen LogP contribution >= 0.6 is 11.6 Å². The first-order chi connectivity index (χ1) is 10.7. The van der Waals surface area contributed by atoms with E-state index in [0.29, 0.717) is 17.1 Å². The summed E-state index contributed by atoms with van der Waals surface area (Å²) < 4.78 is 5.32. The van der Waals surface area contributed by atoms with Gasteiger partial charge in [-0.05, 0) is 19.1 Å². The molecule has 1 amide bonds. The van der Waals surface area contributed by atoms with Gasteiger partial charge < -0.3 is 15.0 Å². The second kappa shape index (κ2) is 6.69. The van der Waals surface area contributed by atoms with Crippen LogP contribution in [0, 0.1) is 6.92 Å². The van der Waals surface area contributed by atoms with Crippen molar-refractivity contribution in [2.24, 2.45) is 0 Å². The summed E-state index contributed by atoms with van der Waals surface area (Å²) in [6.07, 6.45) is 0. The lowest BCUT2D eigenvalue weighted by molar-refractivity contribution is 0.0383. The molecule has 5 nitrogen and oxygen atoms in total. The lowest BCUT2D eigenvalue weighted by Crippen LogP contribution is -2.41. The fraction of sp³-hybridized carbons (Fsp3) is 0.438. The molecule has 6 heteroatoms. The van der Waals surface area contributed by atoms with Crippen LogP contribution in [-0.2, 0) is 4.74 Å². The molecular weight excluding hydrogens is 302 g/mol. The number of rotatable bonds is 4. The molecule has 3 rings (SSSR count). The molecule has 0 unspecified atom stereocenters. The van der Waals surface area contributed by atoms with Gasteiger partial charge in [0.25, 0.3) is 5.91 Å². The van der Waals surface area contributed by atoms with Gasteiger partial charge in [-0.25, -0.2) is 0 Å². The Morgan fingerprint density at radius 1 is 1.41 bits per heavy atom. The summed E-state index contributed by atoms with van der Waals surface area (Å²) in [4.78, 5) is 18.0. The van der Waals surface area contributed by atoms with E-state index in [1.807, 2.05) is 25.1 Å². The average molecular weight is 322 g/mol. The quantitative estimate of drug-likeness (QED) is 0.907. The fourth-order valence-corrected chi connectivity index (χ4v) is 3.13. The molecule has 0 saturated carbocycles. The van der Waals surface area contributed by atoms with Crippen LogP contribution in [0.25, 0.3) is 10.9 Å². The molecule has 1 aromatic heterocycles. The van der Waals surface area contributed by atoms with Crippen molar-refractivity contribution in [3.05, 3.63) is 34.5 Å². The Hall–Kier alpha value is -1.56. The van der Waals surface area contributed by atoms with Crippen LogP contribution in [0.5, 0.6) is 0 Å². The molecule has 0 radical (unpaired) electrons. The Bertz CT molecular complexity index is 677. The van der Waals surface area contributed by atoms with Crippen molar-refractivity contribution < 1.29 is 9.53 Å². The van der Waals surface area contributed by atoms with Gasteiger partial charge in [0.05, 0.1) is 23.8 Å². The maximum atomic E-state index is 12.5. The Morgan fingerprint density at radius 2 is 2.18 bits per heavy atom. The molecule has 0 spiro atoms. The highest BCUT2D eigenvalue weighted by molar-refractivity contribution is 6.37. The third-order valence-corrected chi connectivity index (χ3v) is 4.32. The Kier molecular flexibility index (Phi) is 4.66. The summed E-state index contributed by atoms with van der Waals surface area (Å²) >= 11 is 6.25. The van der Waals surface area contributed by atoms with Gasteiger partial charge in [0.2, 0.25) is 0 Å². The Morgan fingerprint density at radius 3 is 2.95 bits per heavy atom. The smallest absolute Gasteiger partial charge is 0.253 e. The van der Waals surface area contributed by atoms with Gasteiger partial charge in [0.1, 0.15) is 0 Å². The molecule has 1 fully saturated rings. The first-order valence-electron chi connectivity index (χ1n) is 7.52. The Balaban J connectivity index is 1.68. The third kappa shape index (κ3) is 3.11. The molecule has 1 aromatic carbocycles. The summed E-state index contributed by atoms with van der Waals surface area (Å²) in [6.45, 7) is 6.74. The highest BCUT2D eigenvalue weighted by Gasteiger charge is 2.18. The number of nitrogens with one attached hydrogen (secondary N) is 2. The number of hydrogen-bond acceptors (Lipinski definition) is 3. The molecule has 1 aliphatic heterocycles. The molecular formula is C16H20ClN3O2. The van der Waals surface area contributed by atoms with E-state index in [0.717, 1.165) is 49.4 Å². The van der Waals surface area contributed by atoms with Crippen molar-refractivity contribution in [2.75, 3.05) is 39.4 Å². The number of aryl methyl sites for hydroxylation is 1. The van der Waals surface area contributed by atoms with Crippen LogP contribution in [0.3, 0.4) is 0 Å². The van der Waals surface area contributed by atoms with Crippen LogP contribution in [-0.4, -0.2) is 55.2 Å². The second-order valence-electron chi connectivity index (χ2n) is 5.50. The number of halogens is 1. The zero-order valence-corrected chi connectivity index (χ0v) is 13.4. The molecule has 1 saturated heterocycles. The molecule has 0 aliphatic carbocycles. The average Bonchev–Trinajstić information content (AvgIpc) is 2.86. The highest BCUT2D eigenvalue weighted by Crippen LogP contribution is 2.28. The predicted molar refractivity (Wildman–Crippen MR) is 87.6 cm³/mol. The number of aromatic nitrogens is 1. The van der Waals surface area contributed by atoms with Crippen LogP contribution in [0.4, 0.5) is 0 Å². The van der Waals surface area contributed by atoms with E-state index >= 15 is 0 Å². The topological polar surface area (TPSA) is 57.4 Å². The fourth-order valence-electron chi connectivity index (χ4n) is 2.86. The standard InChI is InChI=1S/C16H20ClN3O2/c1-11-14(15-12(17)3-2-4-13(15)19-11)16(21)18-5-6-20-7-9-22-10-8-20/h2-4,19H,5-10H2,1H3,(H,18,21). The molecule has 2 heterocycles. The monoisotopic (exact) mass is 321 g/mol. The SMILES string of the molecule is Cc1[nH]c2cccc(Cl)c2c1C(=O)NCCN1CCOCC1. The molecule has 22 heavy (non-hydrogen) atoms. The lowest BCUT2D eigenvalue weighted by Gasteiger charge is -2.26. The number of carbonyl (C=O) groups excluding carboxylic acids is 1. The van der Waals surface area contributed by atoms with E-state index in [2.05, 4.69) is 15.2 Å². The van der Waals surface area contributed by atoms with E-state index in [-0.39, 0.29) is 5.91 Å². The normalized spacial score (nSPS) is 16.1. The lowest BCUT2D eigenvalue weighted by atomic mass is 10.1. The van der Waals surface area contributed by atoms with Gasteiger partial charge >= 0.3 is 0 Å². The number of fused-ring (bicyclic) bond motifs is 1. The van der Waals surface area contributed by atoms with Crippen molar-refractivity contribution in [1.29, 1.82) is 0 Å². The minimum absolute atomic E-state index is 0.0786. The first kappa shape index (κ1) is 15.3. The van der Waals surface area contributed by atoms with Crippen LogP contribution < -0.4 is 5.32 Å². The number of nitrogens with zero attached hydrogens (tertiary/aromatic N) is 1. The summed E-state index contributed by atoms with van der Waals surface area (Å²) in [7, 11) is 0. The predicted octanol–water partition coefficient (Wildman–Crippen LogP) is 2.19. The molecule has 0 atom stereocenters. The van der Waals surface area contributed by atoms with Gasteiger partial charge in [-0.3, -0.25) is 9.69 Å². The van der Waals surface area contributed by atoms with Gasteiger partial charge in [0.15, 0.2) is 0 Å². The van der Waals surface area contributed by atoms with Crippen molar-refractivity contribution in [1.82, 2.24) is 15.2 Å². The zero-order valence-electron chi connectivity index (χ0n) is 12.6. The van der Waals surface area contributed by atoms with Crippen LogP contribution in [0.15, 0.2) is 18.2 Å². The molecule has 0 bridgehead atoms. The molecule has 1 aliphatic rings. The Labute approximate surface area is 134 Å². The maximum absolute atomic E-state index is 12.5. The van der Waals surface area contributed by atoms with Gasteiger partial charge in [-0.1, -0.05) is 17.7 Å². The molecule has 2 aromatic rings. The zero-order chi connectivity index (χ0) is 15.5. The van der Waals surface area contributed by atoms with E-state index in [1.54, 1.807) is 0 Å². The first-order valence-corrected chi connectivity index (χ1v) is 7.89.